The third kappa shape index (κ3) is 4.00. The van der Waals surface area contributed by atoms with Crippen LogP contribution in [-0.4, -0.2) is 60.8 Å². The number of carboxylic acid groups (broad SMARTS) is 1. The number of hydrogen-bond donors (Lipinski definition) is 1. The summed E-state index contributed by atoms with van der Waals surface area (Å²) in [5, 5.41) is 13.4. The van der Waals surface area contributed by atoms with E-state index >= 15 is 0 Å². The predicted octanol–water partition coefficient (Wildman–Crippen LogP) is 3.13. The molecule has 2 aromatic heterocycles. The highest BCUT2D eigenvalue weighted by Crippen LogP contribution is 2.38. The Morgan fingerprint density at radius 1 is 1.24 bits per heavy atom. The van der Waals surface area contributed by atoms with Crippen molar-refractivity contribution in [2.24, 2.45) is 0 Å². The van der Waals surface area contributed by atoms with Crippen molar-refractivity contribution in [3.8, 4) is 28.7 Å². The zero-order valence-corrected chi connectivity index (χ0v) is 17.7. The molecule has 1 atom stereocenters. The lowest BCUT2D eigenvalue weighted by Crippen LogP contribution is -2.35. The van der Waals surface area contributed by atoms with Crippen LogP contribution in [0.3, 0.4) is 0 Å². The number of benzene rings is 1. The quantitative estimate of drug-likeness (QED) is 0.636. The second kappa shape index (κ2) is 7.78. The van der Waals surface area contributed by atoms with Crippen LogP contribution in [0.4, 0.5) is 18.9 Å². The van der Waals surface area contributed by atoms with Gasteiger partial charge in [-0.05, 0) is 31.9 Å². The molecule has 0 radical (unpaired) electrons. The Labute approximate surface area is 186 Å². The molecule has 4 heterocycles. The smallest absolute Gasteiger partial charge is 0.408 e. The molecule has 1 unspecified atom stereocenters. The number of hydrogen-bond acceptors (Lipinski definition) is 6. The SMILES string of the molecule is Cc1nc(-c2cn3c(n2)-c2ccc(N4CCCC4C(=O)O)cc2OCC3)n(CC(F)(F)F)n1. The molecule has 0 saturated carbocycles. The molecule has 12 heteroatoms. The molecule has 2 aliphatic rings. The molecule has 0 amide bonds. The summed E-state index contributed by atoms with van der Waals surface area (Å²) in [5.41, 5.74) is 1.71. The molecule has 0 aliphatic carbocycles. The van der Waals surface area contributed by atoms with Gasteiger partial charge in [-0.2, -0.15) is 18.3 Å². The van der Waals surface area contributed by atoms with Gasteiger partial charge in [0.15, 0.2) is 5.82 Å². The highest BCUT2D eigenvalue weighted by Gasteiger charge is 2.33. The molecule has 0 bridgehead atoms. The number of aryl methyl sites for hydroxylation is 1. The lowest BCUT2D eigenvalue weighted by molar-refractivity contribution is -0.142. The first-order chi connectivity index (χ1) is 15.7. The molecule has 5 rings (SSSR count). The largest absolute Gasteiger partial charge is 0.491 e. The molecule has 1 aromatic carbocycles. The first-order valence-electron chi connectivity index (χ1n) is 10.5. The van der Waals surface area contributed by atoms with Gasteiger partial charge in [0.2, 0.25) is 0 Å². The van der Waals surface area contributed by atoms with Gasteiger partial charge in [-0.1, -0.05) is 0 Å². The van der Waals surface area contributed by atoms with Crippen molar-refractivity contribution in [3.05, 3.63) is 30.2 Å². The Morgan fingerprint density at radius 2 is 2.06 bits per heavy atom. The normalized spacial score (nSPS) is 17.9. The molecular weight excluding hydrogens is 441 g/mol. The van der Waals surface area contributed by atoms with Gasteiger partial charge in [0.25, 0.3) is 0 Å². The predicted molar refractivity (Wildman–Crippen MR) is 111 cm³/mol. The van der Waals surface area contributed by atoms with Gasteiger partial charge in [-0.3, -0.25) is 0 Å². The van der Waals surface area contributed by atoms with Crippen LogP contribution in [0.2, 0.25) is 0 Å². The number of aliphatic carboxylic acids is 1. The number of aromatic nitrogens is 5. The topological polar surface area (TPSA) is 98.3 Å². The van der Waals surface area contributed by atoms with Crippen molar-refractivity contribution in [2.75, 3.05) is 18.1 Å². The van der Waals surface area contributed by atoms with E-state index in [9.17, 15) is 23.1 Å². The van der Waals surface area contributed by atoms with Crippen molar-refractivity contribution in [1.82, 2.24) is 24.3 Å². The van der Waals surface area contributed by atoms with Crippen LogP contribution < -0.4 is 9.64 Å². The summed E-state index contributed by atoms with van der Waals surface area (Å²) in [6.07, 6.45) is -1.41. The van der Waals surface area contributed by atoms with E-state index in [1.54, 1.807) is 12.3 Å². The van der Waals surface area contributed by atoms with Crippen LogP contribution in [0.1, 0.15) is 18.7 Å². The van der Waals surface area contributed by atoms with Crippen molar-refractivity contribution in [2.45, 2.75) is 45.1 Å². The number of ether oxygens (including phenoxy) is 1. The van der Waals surface area contributed by atoms with E-state index in [0.717, 1.165) is 16.8 Å². The van der Waals surface area contributed by atoms with Gasteiger partial charge in [0.05, 0.1) is 12.1 Å². The summed E-state index contributed by atoms with van der Waals surface area (Å²) in [7, 11) is 0. The minimum absolute atomic E-state index is 0.0471. The molecular formula is C21H21F3N6O3. The van der Waals surface area contributed by atoms with E-state index < -0.39 is 24.7 Å². The number of nitrogens with zero attached hydrogens (tertiary/aromatic N) is 6. The lowest BCUT2D eigenvalue weighted by atomic mass is 10.1. The van der Waals surface area contributed by atoms with Crippen LogP contribution in [0, 0.1) is 6.92 Å². The number of anilines is 1. The summed E-state index contributed by atoms with van der Waals surface area (Å²) in [4.78, 5) is 22.2. The third-order valence-electron chi connectivity index (χ3n) is 5.78. The fraction of sp³-hybridized carbons (Fsp3) is 0.429. The molecule has 174 valence electrons. The first kappa shape index (κ1) is 21.3. The summed E-state index contributed by atoms with van der Waals surface area (Å²) < 4.78 is 47.5. The molecule has 1 saturated heterocycles. The van der Waals surface area contributed by atoms with Crippen LogP contribution >= 0.6 is 0 Å². The summed E-state index contributed by atoms with van der Waals surface area (Å²) in [6, 6.07) is 4.85. The number of alkyl halides is 3. The maximum atomic E-state index is 13.0. The van der Waals surface area contributed by atoms with E-state index in [-0.39, 0.29) is 17.3 Å². The zero-order valence-electron chi connectivity index (χ0n) is 17.7. The number of rotatable bonds is 4. The maximum absolute atomic E-state index is 13.0. The molecule has 2 aliphatic heterocycles. The van der Waals surface area contributed by atoms with Crippen molar-refractivity contribution >= 4 is 11.7 Å². The maximum Gasteiger partial charge on any atom is 0.408 e. The summed E-state index contributed by atoms with van der Waals surface area (Å²) >= 11 is 0. The van der Waals surface area contributed by atoms with Gasteiger partial charge in [-0.15, -0.1) is 0 Å². The fourth-order valence-corrected chi connectivity index (χ4v) is 4.41. The highest BCUT2D eigenvalue weighted by atomic mass is 19.4. The summed E-state index contributed by atoms with van der Waals surface area (Å²) in [6.45, 7) is 1.69. The van der Waals surface area contributed by atoms with Crippen LogP contribution in [-0.2, 0) is 17.9 Å². The van der Waals surface area contributed by atoms with Gasteiger partial charge < -0.3 is 19.3 Å². The average molecular weight is 462 g/mol. The van der Waals surface area contributed by atoms with Crippen LogP contribution in [0.25, 0.3) is 22.9 Å². The zero-order chi connectivity index (χ0) is 23.3. The third-order valence-corrected chi connectivity index (χ3v) is 5.78. The Morgan fingerprint density at radius 3 is 2.82 bits per heavy atom. The number of fused-ring (bicyclic) bond motifs is 3. The molecule has 33 heavy (non-hydrogen) atoms. The fourth-order valence-electron chi connectivity index (χ4n) is 4.41. The molecule has 1 fully saturated rings. The molecule has 3 aromatic rings. The Kier molecular flexibility index (Phi) is 5.02. The number of carboxylic acids is 1. The second-order valence-corrected chi connectivity index (χ2v) is 8.12. The monoisotopic (exact) mass is 462 g/mol. The number of imidazole rings is 1. The molecule has 1 N–H and O–H groups in total. The minimum atomic E-state index is -4.44. The minimum Gasteiger partial charge on any atom is -0.491 e. The lowest BCUT2D eigenvalue weighted by Gasteiger charge is -2.24. The molecule has 9 nitrogen and oxygen atoms in total. The summed E-state index contributed by atoms with van der Waals surface area (Å²) in [5.74, 6) is 0.504. The molecule has 0 spiro atoms. The second-order valence-electron chi connectivity index (χ2n) is 8.12. The average Bonchev–Trinajstić information content (AvgIpc) is 3.43. The van der Waals surface area contributed by atoms with E-state index in [1.807, 2.05) is 21.6 Å². The first-order valence-corrected chi connectivity index (χ1v) is 10.5. The number of carbonyl (C=O) groups is 1. The Balaban J connectivity index is 1.52. The van der Waals surface area contributed by atoms with Gasteiger partial charge in [0, 0.05) is 24.5 Å². The van der Waals surface area contributed by atoms with Gasteiger partial charge in [0.1, 0.15) is 42.3 Å². The van der Waals surface area contributed by atoms with E-state index in [4.69, 9.17) is 4.74 Å². The van der Waals surface area contributed by atoms with Crippen molar-refractivity contribution in [1.29, 1.82) is 0 Å². The van der Waals surface area contributed by atoms with Crippen LogP contribution in [0.5, 0.6) is 5.75 Å². The van der Waals surface area contributed by atoms with E-state index in [2.05, 4.69) is 15.1 Å². The van der Waals surface area contributed by atoms with E-state index in [0.29, 0.717) is 43.3 Å². The van der Waals surface area contributed by atoms with Gasteiger partial charge in [-0.25, -0.2) is 19.4 Å². The van der Waals surface area contributed by atoms with E-state index in [1.165, 1.54) is 6.92 Å². The van der Waals surface area contributed by atoms with Crippen LogP contribution in [0.15, 0.2) is 24.4 Å². The number of halogens is 3. The van der Waals surface area contributed by atoms with Crippen molar-refractivity contribution in [3.63, 3.8) is 0 Å². The van der Waals surface area contributed by atoms with Crippen molar-refractivity contribution < 1.29 is 27.8 Å². The highest BCUT2D eigenvalue weighted by molar-refractivity contribution is 5.80. The standard InChI is InChI=1S/C21H21F3N6O3/c1-12-25-19(30(27-12)11-21(22,23)24)15-10-28-7-8-33-17-9-13(4-5-14(17)18(28)26-15)29-6-2-3-16(29)20(31)32/h4-5,9-10,16H,2-3,6-8,11H2,1H3,(H,31,32). The Hall–Kier alpha value is -3.57. The Bertz CT molecular complexity index is 1220. The van der Waals surface area contributed by atoms with Gasteiger partial charge >= 0.3 is 12.1 Å².